The fraction of sp³-hybridized carbons (Fsp3) is 0.174. The molecule has 0 saturated heterocycles. The second-order valence-corrected chi connectivity index (χ2v) is 13.5. The SMILES string of the molecule is COc1ccc(C(N)(C(=O)OCC2c3ccccc3-c3ccccc32)C(Oc2ccccc2)C(=O)NNCc2ccc(C(N)c3ccccc3)cc2)c(OC)c1. The predicted molar refractivity (Wildman–Crippen MR) is 215 cm³/mol. The summed E-state index contributed by atoms with van der Waals surface area (Å²) in [6, 6.07) is 46.9. The summed E-state index contributed by atoms with van der Waals surface area (Å²) in [4.78, 5) is 29.2. The third-order valence-corrected chi connectivity index (χ3v) is 10.2. The number of para-hydroxylation sites is 1. The third-order valence-electron chi connectivity index (χ3n) is 10.2. The number of hydrogen-bond acceptors (Lipinski definition) is 9. The van der Waals surface area contributed by atoms with Crippen molar-refractivity contribution < 1.29 is 28.5 Å². The molecule has 0 radical (unpaired) electrons. The Kier molecular flexibility index (Phi) is 11.4. The van der Waals surface area contributed by atoms with E-state index in [9.17, 15) is 9.59 Å². The monoisotopic (exact) mass is 748 g/mol. The van der Waals surface area contributed by atoms with Crippen LogP contribution in [0.4, 0.5) is 0 Å². The highest BCUT2D eigenvalue weighted by atomic mass is 16.5. The lowest BCUT2D eigenvalue weighted by atomic mass is 9.83. The molecule has 7 rings (SSSR count). The minimum Gasteiger partial charge on any atom is -0.497 e. The molecule has 6 aromatic carbocycles. The second-order valence-electron chi connectivity index (χ2n) is 13.5. The number of hydrazine groups is 1. The summed E-state index contributed by atoms with van der Waals surface area (Å²) in [7, 11) is 2.96. The van der Waals surface area contributed by atoms with Crippen molar-refractivity contribution in [2.24, 2.45) is 11.5 Å². The van der Waals surface area contributed by atoms with Crippen LogP contribution in [0.15, 0.2) is 152 Å². The van der Waals surface area contributed by atoms with Crippen LogP contribution in [0, 0.1) is 0 Å². The van der Waals surface area contributed by atoms with Crippen molar-refractivity contribution in [2.75, 3.05) is 20.8 Å². The van der Waals surface area contributed by atoms with Crippen molar-refractivity contribution in [3.8, 4) is 28.4 Å². The first-order chi connectivity index (χ1) is 27.3. The van der Waals surface area contributed by atoms with E-state index >= 15 is 0 Å². The fourth-order valence-corrected chi connectivity index (χ4v) is 7.20. The van der Waals surface area contributed by atoms with E-state index in [-0.39, 0.29) is 36.4 Å². The number of amides is 1. The molecule has 1 aliphatic rings. The van der Waals surface area contributed by atoms with E-state index in [2.05, 4.69) is 23.0 Å². The lowest BCUT2D eigenvalue weighted by Gasteiger charge is -2.36. The second kappa shape index (κ2) is 16.9. The molecule has 0 fully saturated rings. The normalized spacial score (nSPS) is 14.0. The summed E-state index contributed by atoms with van der Waals surface area (Å²) in [5, 5.41) is 0. The lowest BCUT2D eigenvalue weighted by molar-refractivity contribution is -0.159. The van der Waals surface area contributed by atoms with Crippen LogP contribution in [0.2, 0.25) is 0 Å². The fourth-order valence-electron chi connectivity index (χ4n) is 7.20. The molecule has 1 aliphatic carbocycles. The third kappa shape index (κ3) is 7.71. The van der Waals surface area contributed by atoms with Gasteiger partial charge in [-0.1, -0.05) is 121 Å². The molecule has 56 heavy (non-hydrogen) atoms. The topological polar surface area (TPSA) is 147 Å². The van der Waals surface area contributed by atoms with Gasteiger partial charge in [0.25, 0.3) is 5.91 Å². The Hall–Kier alpha value is -6.46. The number of methoxy groups -OCH3 is 2. The molecule has 3 atom stereocenters. The number of ether oxygens (including phenoxy) is 4. The van der Waals surface area contributed by atoms with Gasteiger partial charge in [0.15, 0.2) is 5.54 Å². The van der Waals surface area contributed by atoms with Gasteiger partial charge in [-0.2, -0.15) is 0 Å². The molecule has 3 unspecified atom stereocenters. The Morgan fingerprint density at radius 3 is 1.91 bits per heavy atom. The summed E-state index contributed by atoms with van der Waals surface area (Å²) in [5.41, 5.74) is 24.4. The Bertz CT molecular complexity index is 2240. The molecular weight excluding hydrogens is 705 g/mol. The highest BCUT2D eigenvalue weighted by Gasteiger charge is 2.53. The summed E-state index contributed by atoms with van der Waals surface area (Å²) < 4.78 is 23.7. The highest BCUT2D eigenvalue weighted by molar-refractivity contribution is 5.94. The van der Waals surface area contributed by atoms with Gasteiger partial charge >= 0.3 is 5.97 Å². The maximum absolute atomic E-state index is 14.8. The van der Waals surface area contributed by atoms with Gasteiger partial charge in [0.2, 0.25) is 6.10 Å². The quantitative estimate of drug-likeness (QED) is 0.0680. The Morgan fingerprint density at radius 1 is 0.696 bits per heavy atom. The molecule has 0 aromatic heterocycles. The van der Waals surface area contributed by atoms with Crippen molar-refractivity contribution in [3.05, 3.63) is 185 Å². The van der Waals surface area contributed by atoms with Crippen LogP contribution in [0.3, 0.4) is 0 Å². The zero-order chi connectivity index (χ0) is 39.1. The predicted octanol–water partition coefficient (Wildman–Crippen LogP) is 6.53. The van der Waals surface area contributed by atoms with Crippen LogP contribution < -0.4 is 36.5 Å². The Balaban J connectivity index is 1.18. The molecule has 0 bridgehead atoms. The molecule has 0 heterocycles. The number of carbonyl (C=O) groups is 2. The van der Waals surface area contributed by atoms with Crippen LogP contribution in [-0.4, -0.2) is 38.8 Å². The number of rotatable bonds is 15. The molecule has 10 heteroatoms. The minimum atomic E-state index is -2.23. The highest BCUT2D eigenvalue weighted by Crippen LogP contribution is 2.45. The number of hydrogen-bond donors (Lipinski definition) is 4. The van der Waals surface area contributed by atoms with Crippen molar-refractivity contribution in [1.29, 1.82) is 0 Å². The van der Waals surface area contributed by atoms with Crippen LogP contribution in [-0.2, 0) is 26.4 Å². The van der Waals surface area contributed by atoms with Crippen molar-refractivity contribution in [2.45, 2.75) is 30.1 Å². The smallest absolute Gasteiger partial charge is 0.335 e. The van der Waals surface area contributed by atoms with E-state index in [1.165, 1.54) is 14.2 Å². The van der Waals surface area contributed by atoms with E-state index in [1.54, 1.807) is 42.5 Å². The van der Waals surface area contributed by atoms with Gasteiger partial charge in [-0.05, 0) is 63.2 Å². The first-order valence-electron chi connectivity index (χ1n) is 18.3. The van der Waals surface area contributed by atoms with E-state index < -0.39 is 23.5 Å². The van der Waals surface area contributed by atoms with Gasteiger partial charge in [-0.3, -0.25) is 10.2 Å². The largest absolute Gasteiger partial charge is 0.497 e. The number of esters is 1. The molecule has 1 amide bonds. The standard InChI is InChI=1S/C46H44N4O6/c1-53-34-25-26-40(41(27-34)54-2)46(48,45(52)55-29-39-37-19-11-9-17-35(37)36-18-10-12-20-38(36)39)43(56-33-15-7-4-8-16-33)44(51)50-49-28-30-21-23-32(24-22-30)42(47)31-13-5-3-6-14-31/h3-27,39,42-43,49H,28-29,47-48H2,1-2H3,(H,50,51). The molecule has 0 saturated carbocycles. The van der Waals surface area contributed by atoms with E-state index in [0.717, 1.165) is 38.9 Å². The summed E-state index contributed by atoms with van der Waals surface area (Å²) in [6.45, 7) is 0.213. The van der Waals surface area contributed by atoms with Crippen LogP contribution >= 0.6 is 0 Å². The zero-order valence-corrected chi connectivity index (χ0v) is 31.2. The Morgan fingerprint density at radius 2 is 1.29 bits per heavy atom. The molecule has 6 N–H and O–H groups in total. The van der Waals surface area contributed by atoms with Gasteiger partial charge in [0, 0.05) is 24.1 Å². The van der Waals surface area contributed by atoms with Crippen molar-refractivity contribution in [3.63, 3.8) is 0 Å². The van der Waals surface area contributed by atoms with E-state index in [0.29, 0.717) is 11.5 Å². The lowest BCUT2D eigenvalue weighted by Crippen LogP contribution is -2.63. The first kappa shape index (κ1) is 37.8. The number of nitrogens with one attached hydrogen (secondary N) is 2. The van der Waals surface area contributed by atoms with Crippen LogP contribution in [0.25, 0.3) is 11.1 Å². The van der Waals surface area contributed by atoms with Gasteiger partial charge in [0.1, 0.15) is 23.9 Å². The molecular formula is C46H44N4O6. The van der Waals surface area contributed by atoms with Gasteiger partial charge in [-0.25, -0.2) is 10.2 Å². The number of benzene rings is 6. The van der Waals surface area contributed by atoms with Crippen LogP contribution in [0.5, 0.6) is 17.2 Å². The first-order valence-corrected chi connectivity index (χ1v) is 18.3. The van der Waals surface area contributed by atoms with Crippen molar-refractivity contribution in [1.82, 2.24) is 10.9 Å². The Labute approximate surface area is 326 Å². The summed E-state index contributed by atoms with van der Waals surface area (Å²) in [6.07, 6.45) is -1.65. The molecule has 6 aromatic rings. The minimum absolute atomic E-state index is 0.0356. The number of nitrogens with two attached hydrogens (primary N) is 2. The maximum atomic E-state index is 14.8. The van der Waals surface area contributed by atoms with Gasteiger partial charge < -0.3 is 30.4 Å². The van der Waals surface area contributed by atoms with Gasteiger partial charge in [-0.15, -0.1) is 0 Å². The van der Waals surface area contributed by atoms with E-state index in [4.69, 9.17) is 30.4 Å². The van der Waals surface area contributed by atoms with Crippen LogP contribution in [0.1, 0.15) is 45.3 Å². The van der Waals surface area contributed by atoms with E-state index in [1.807, 2.05) is 97.1 Å². The molecule has 0 aliphatic heterocycles. The van der Waals surface area contributed by atoms with Gasteiger partial charge in [0.05, 0.1) is 20.3 Å². The average molecular weight is 749 g/mol. The number of fused-ring (bicyclic) bond motifs is 3. The maximum Gasteiger partial charge on any atom is 0.335 e. The molecule has 10 nitrogen and oxygen atoms in total. The summed E-state index contributed by atoms with van der Waals surface area (Å²) >= 11 is 0. The summed E-state index contributed by atoms with van der Waals surface area (Å²) in [5.74, 6) is -0.883. The molecule has 284 valence electrons. The van der Waals surface area contributed by atoms with Crippen molar-refractivity contribution >= 4 is 11.9 Å². The number of carbonyl (C=O) groups excluding carboxylic acids is 2. The molecule has 0 spiro atoms. The zero-order valence-electron chi connectivity index (χ0n) is 31.2. The average Bonchev–Trinajstić information content (AvgIpc) is 3.58.